The Labute approximate surface area is 157 Å². The number of benzene rings is 2. The third-order valence-electron chi connectivity index (χ3n) is 3.21. The summed E-state index contributed by atoms with van der Waals surface area (Å²) in [6.07, 6.45) is -4.50. The maximum absolute atomic E-state index is 12.6. The van der Waals surface area contributed by atoms with E-state index in [0.717, 1.165) is 23.8 Å². The molecule has 2 rings (SSSR count). The Morgan fingerprint density at radius 3 is 2.32 bits per heavy atom. The first-order valence-corrected chi connectivity index (χ1v) is 7.99. The number of aryl methyl sites for hydroxylation is 1. The molecule has 0 aromatic heterocycles. The van der Waals surface area contributed by atoms with Crippen molar-refractivity contribution in [1.29, 1.82) is 0 Å². The van der Waals surface area contributed by atoms with E-state index < -0.39 is 17.6 Å². The van der Waals surface area contributed by atoms with E-state index >= 15 is 0 Å². The van der Waals surface area contributed by atoms with Crippen molar-refractivity contribution in [3.05, 3.63) is 63.1 Å². The Bertz CT molecular complexity index is 841. The van der Waals surface area contributed by atoms with Crippen LogP contribution in [-0.2, 0) is 6.18 Å². The van der Waals surface area contributed by atoms with Gasteiger partial charge in [0.25, 0.3) is 5.91 Å². The van der Waals surface area contributed by atoms with Crippen molar-refractivity contribution in [3.8, 4) is 0 Å². The van der Waals surface area contributed by atoms with Crippen LogP contribution in [-0.4, -0.2) is 11.0 Å². The third-order valence-corrected chi connectivity index (χ3v) is 4.13. The lowest BCUT2D eigenvalue weighted by Crippen LogP contribution is -2.34. The first kappa shape index (κ1) is 19.5. The van der Waals surface area contributed by atoms with Crippen LogP contribution in [0.2, 0.25) is 10.0 Å². The zero-order valence-electron chi connectivity index (χ0n) is 12.7. The van der Waals surface area contributed by atoms with Crippen molar-refractivity contribution in [3.63, 3.8) is 0 Å². The van der Waals surface area contributed by atoms with Gasteiger partial charge in [-0.3, -0.25) is 10.1 Å². The Kier molecular flexibility index (Phi) is 5.92. The van der Waals surface area contributed by atoms with Gasteiger partial charge in [-0.2, -0.15) is 13.2 Å². The number of carbonyl (C=O) groups is 1. The average molecular weight is 407 g/mol. The highest BCUT2D eigenvalue weighted by atomic mass is 35.5. The number of carbonyl (C=O) groups excluding carboxylic acids is 1. The van der Waals surface area contributed by atoms with Crippen LogP contribution in [0.3, 0.4) is 0 Å². The molecule has 2 N–H and O–H groups in total. The van der Waals surface area contributed by atoms with Gasteiger partial charge in [0.1, 0.15) is 0 Å². The number of rotatable bonds is 2. The van der Waals surface area contributed by atoms with E-state index in [4.69, 9.17) is 35.4 Å². The minimum absolute atomic E-state index is 0.108. The molecular formula is C16H11Cl2F3N2OS. The summed E-state index contributed by atoms with van der Waals surface area (Å²) in [5, 5.41) is 5.13. The molecule has 9 heteroatoms. The summed E-state index contributed by atoms with van der Waals surface area (Å²) >= 11 is 16.8. The van der Waals surface area contributed by atoms with Gasteiger partial charge in [0.05, 0.1) is 16.3 Å². The number of hydrogen-bond donors (Lipinski definition) is 2. The summed E-state index contributed by atoms with van der Waals surface area (Å²) in [6, 6.07) is 7.50. The van der Waals surface area contributed by atoms with Gasteiger partial charge in [-0.25, -0.2) is 0 Å². The van der Waals surface area contributed by atoms with Crippen LogP contribution < -0.4 is 10.6 Å². The fraction of sp³-hybridized carbons (Fsp3) is 0.125. The van der Waals surface area contributed by atoms with E-state index in [2.05, 4.69) is 10.6 Å². The fourth-order valence-corrected chi connectivity index (χ4v) is 2.47. The van der Waals surface area contributed by atoms with Crippen LogP contribution in [0.4, 0.5) is 18.9 Å². The van der Waals surface area contributed by atoms with Gasteiger partial charge >= 0.3 is 6.18 Å². The van der Waals surface area contributed by atoms with Crippen LogP contribution in [0.1, 0.15) is 21.5 Å². The molecule has 0 radical (unpaired) electrons. The lowest BCUT2D eigenvalue weighted by molar-refractivity contribution is -0.137. The van der Waals surface area contributed by atoms with Crippen molar-refractivity contribution < 1.29 is 18.0 Å². The average Bonchev–Trinajstić information content (AvgIpc) is 2.50. The number of hydrogen-bond acceptors (Lipinski definition) is 2. The predicted molar refractivity (Wildman–Crippen MR) is 96.3 cm³/mol. The summed E-state index contributed by atoms with van der Waals surface area (Å²) in [5.74, 6) is -0.512. The minimum atomic E-state index is -4.50. The number of halogens is 5. The van der Waals surface area contributed by atoms with Crippen molar-refractivity contribution in [2.75, 3.05) is 5.32 Å². The highest BCUT2D eigenvalue weighted by molar-refractivity contribution is 7.80. The molecule has 0 saturated carbocycles. The van der Waals surface area contributed by atoms with Crippen molar-refractivity contribution in [2.24, 2.45) is 0 Å². The fourth-order valence-electron chi connectivity index (χ4n) is 1.86. The Morgan fingerprint density at radius 1 is 1.08 bits per heavy atom. The first-order valence-electron chi connectivity index (χ1n) is 6.83. The Morgan fingerprint density at radius 2 is 1.76 bits per heavy atom. The molecule has 0 saturated heterocycles. The van der Waals surface area contributed by atoms with Crippen molar-refractivity contribution >= 4 is 52.1 Å². The number of thiocarbonyl (C=S) groups is 1. The van der Waals surface area contributed by atoms with Crippen molar-refractivity contribution in [2.45, 2.75) is 13.1 Å². The van der Waals surface area contributed by atoms with Crippen LogP contribution in [0.5, 0.6) is 0 Å². The predicted octanol–water partition coefficient (Wildman–Crippen LogP) is 5.45. The second-order valence-electron chi connectivity index (χ2n) is 5.06. The van der Waals surface area contributed by atoms with E-state index in [9.17, 15) is 18.0 Å². The van der Waals surface area contributed by atoms with Crippen molar-refractivity contribution in [1.82, 2.24) is 5.32 Å². The zero-order valence-corrected chi connectivity index (χ0v) is 15.0. The maximum atomic E-state index is 12.6. The SMILES string of the molecule is Cc1ccc(C(=O)NC(=S)Nc2ccc(C(F)(F)F)cc2Cl)cc1Cl. The van der Waals surface area contributed by atoms with Crippen LogP contribution >= 0.6 is 35.4 Å². The molecule has 0 atom stereocenters. The molecule has 0 aliphatic carbocycles. The maximum Gasteiger partial charge on any atom is 0.416 e. The van der Waals surface area contributed by atoms with Crippen LogP contribution in [0.25, 0.3) is 0 Å². The summed E-state index contributed by atoms with van der Waals surface area (Å²) in [7, 11) is 0. The van der Waals surface area contributed by atoms with E-state index in [1.54, 1.807) is 19.1 Å². The molecule has 0 unspecified atom stereocenters. The standard InChI is InChI=1S/C16H11Cl2F3N2OS/c1-8-2-3-9(6-11(8)17)14(24)23-15(25)22-13-5-4-10(7-12(13)18)16(19,20)21/h2-7H,1H3,(H2,22,23,24,25). The summed E-state index contributed by atoms with van der Waals surface area (Å²) < 4.78 is 37.8. The number of nitrogens with one attached hydrogen (secondary N) is 2. The van der Waals surface area contributed by atoms with Gasteiger partial charge in [-0.15, -0.1) is 0 Å². The third kappa shape index (κ3) is 5.07. The zero-order chi connectivity index (χ0) is 18.8. The molecule has 25 heavy (non-hydrogen) atoms. The lowest BCUT2D eigenvalue weighted by Gasteiger charge is -2.13. The first-order chi connectivity index (χ1) is 11.6. The highest BCUT2D eigenvalue weighted by Gasteiger charge is 2.30. The van der Waals surface area contributed by atoms with Gasteiger partial charge in [0, 0.05) is 10.6 Å². The van der Waals surface area contributed by atoms with E-state index in [1.807, 2.05) is 0 Å². The Hall–Kier alpha value is -1.83. The van der Waals surface area contributed by atoms with E-state index in [0.29, 0.717) is 10.6 Å². The molecule has 0 bridgehead atoms. The molecule has 0 aliphatic heterocycles. The van der Waals surface area contributed by atoms with Gasteiger partial charge in [0.2, 0.25) is 0 Å². The molecule has 0 fully saturated rings. The summed E-state index contributed by atoms with van der Waals surface area (Å²) in [5.41, 5.74) is 0.364. The molecule has 0 heterocycles. The van der Waals surface area contributed by atoms with Crippen LogP contribution in [0.15, 0.2) is 36.4 Å². The van der Waals surface area contributed by atoms with Gasteiger partial charge < -0.3 is 5.32 Å². The second-order valence-corrected chi connectivity index (χ2v) is 6.29. The molecule has 3 nitrogen and oxygen atoms in total. The molecule has 132 valence electrons. The second kappa shape index (κ2) is 7.59. The molecule has 2 aromatic rings. The van der Waals surface area contributed by atoms with E-state index in [1.165, 1.54) is 6.07 Å². The molecule has 1 amide bonds. The van der Waals surface area contributed by atoms with Gasteiger partial charge in [-0.05, 0) is 55.0 Å². The smallest absolute Gasteiger partial charge is 0.331 e. The number of alkyl halides is 3. The highest BCUT2D eigenvalue weighted by Crippen LogP contribution is 2.33. The lowest BCUT2D eigenvalue weighted by atomic mass is 10.1. The number of amides is 1. The van der Waals surface area contributed by atoms with E-state index in [-0.39, 0.29) is 15.8 Å². The molecule has 0 spiro atoms. The molecule has 2 aromatic carbocycles. The molecule has 0 aliphatic rings. The summed E-state index contributed by atoms with van der Waals surface area (Å²) in [4.78, 5) is 12.1. The monoisotopic (exact) mass is 406 g/mol. The normalized spacial score (nSPS) is 11.1. The topological polar surface area (TPSA) is 41.1 Å². The largest absolute Gasteiger partial charge is 0.416 e. The quantitative estimate of drug-likeness (QED) is 0.651. The number of anilines is 1. The summed E-state index contributed by atoms with van der Waals surface area (Å²) in [6.45, 7) is 1.79. The van der Waals surface area contributed by atoms with Gasteiger partial charge in [-0.1, -0.05) is 29.3 Å². The van der Waals surface area contributed by atoms with Crippen LogP contribution in [0, 0.1) is 6.92 Å². The molecular weight excluding hydrogens is 396 g/mol. The Balaban J connectivity index is 2.07. The minimum Gasteiger partial charge on any atom is -0.331 e. The van der Waals surface area contributed by atoms with Gasteiger partial charge in [0.15, 0.2) is 5.11 Å².